The summed E-state index contributed by atoms with van der Waals surface area (Å²) in [5.41, 5.74) is 0.348. The van der Waals surface area contributed by atoms with Crippen LogP contribution in [0.1, 0.15) is 46.1 Å². The Kier molecular flexibility index (Phi) is 4.44. The van der Waals surface area contributed by atoms with Crippen LogP contribution in [0.4, 0.5) is 4.39 Å². The molecule has 0 saturated heterocycles. The number of halogens is 1. The fourth-order valence-electron chi connectivity index (χ4n) is 2.18. The van der Waals surface area contributed by atoms with Gasteiger partial charge in [0, 0.05) is 11.3 Å². The number of hydrogen-bond donors (Lipinski definition) is 0. The van der Waals surface area contributed by atoms with Crippen LogP contribution in [0.25, 0.3) is 0 Å². The molecule has 0 aliphatic rings. The molecule has 0 amide bonds. The summed E-state index contributed by atoms with van der Waals surface area (Å²) in [4.78, 5) is 12.4. The summed E-state index contributed by atoms with van der Waals surface area (Å²) in [6, 6.07) is 6.24. The summed E-state index contributed by atoms with van der Waals surface area (Å²) in [6.07, 6.45) is 1.72. The smallest absolute Gasteiger partial charge is 0.145 e. The first-order valence-corrected chi connectivity index (χ1v) is 6.23. The van der Waals surface area contributed by atoms with Crippen molar-refractivity contribution in [1.29, 1.82) is 0 Å². The highest BCUT2D eigenvalue weighted by Crippen LogP contribution is 2.29. The Morgan fingerprint density at radius 2 is 1.65 bits per heavy atom. The van der Waals surface area contributed by atoms with Gasteiger partial charge in [-0.05, 0) is 44.4 Å². The van der Waals surface area contributed by atoms with Crippen molar-refractivity contribution in [2.45, 2.75) is 46.0 Å². The van der Waals surface area contributed by atoms with Crippen LogP contribution in [0, 0.1) is 11.7 Å². The molecule has 0 N–H and O–H groups in total. The minimum atomic E-state index is -0.537. The van der Waals surface area contributed by atoms with Crippen LogP contribution >= 0.6 is 0 Å². The van der Waals surface area contributed by atoms with E-state index >= 15 is 0 Å². The van der Waals surface area contributed by atoms with E-state index in [-0.39, 0.29) is 17.5 Å². The van der Waals surface area contributed by atoms with Gasteiger partial charge in [-0.25, -0.2) is 4.39 Å². The van der Waals surface area contributed by atoms with Crippen LogP contribution in [0.3, 0.4) is 0 Å². The fraction of sp³-hybridized carbons (Fsp3) is 0.533. The molecule has 0 aliphatic carbocycles. The number of carbonyl (C=O) groups excluding carboxylic acids is 1. The quantitative estimate of drug-likeness (QED) is 0.752. The Bertz CT molecular complexity index is 374. The zero-order valence-corrected chi connectivity index (χ0v) is 11.1. The molecule has 1 aromatic carbocycles. The second-order valence-electron chi connectivity index (χ2n) is 5.01. The minimum absolute atomic E-state index is 0.0926. The standard InChI is InChI=1S/C15H21FO/c1-5-11(6-2)14(17)15(3,4)12-7-9-13(16)10-8-12/h7-11H,5-6H2,1-4H3. The van der Waals surface area contributed by atoms with Crippen LogP contribution in [0.2, 0.25) is 0 Å². The van der Waals surface area contributed by atoms with Gasteiger partial charge in [-0.2, -0.15) is 0 Å². The lowest BCUT2D eigenvalue weighted by Gasteiger charge is -2.28. The van der Waals surface area contributed by atoms with Crippen LogP contribution in [-0.2, 0) is 10.2 Å². The van der Waals surface area contributed by atoms with Gasteiger partial charge in [0.25, 0.3) is 0 Å². The van der Waals surface area contributed by atoms with Crippen molar-refractivity contribution < 1.29 is 9.18 Å². The van der Waals surface area contributed by atoms with Crippen molar-refractivity contribution in [1.82, 2.24) is 0 Å². The molecule has 0 unspecified atom stereocenters. The molecule has 0 saturated carbocycles. The Morgan fingerprint density at radius 3 is 2.06 bits per heavy atom. The van der Waals surface area contributed by atoms with E-state index < -0.39 is 5.41 Å². The second-order valence-corrected chi connectivity index (χ2v) is 5.01. The Morgan fingerprint density at radius 1 is 1.18 bits per heavy atom. The summed E-state index contributed by atoms with van der Waals surface area (Å²) in [6.45, 7) is 7.90. The largest absolute Gasteiger partial charge is 0.298 e. The molecule has 17 heavy (non-hydrogen) atoms. The summed E-state index contributed by atoms with van der Waals surface area (Å²) in [5, 5.41) is 0. The maximum absolute atomic E-state index is 12.9. The van der Waals surface area contributed by atoms with Crippen molar-refractivity contribution in [3.63, 3.8) is 0 Å². The average molecular weight is 236 g/mol. The molecule has 0 spiro atoms. The average Bonchev–Trinajstić information content (AvgIpc) is 2.31. The van der Waals surface area contributed by atoms with Crippen LogP contribution in [0.15, 0.2) is 24.3 Å². The van der Waals surface area contributed by atoms with Crippen molar-refractivity contribution in [2.24, 2.45) is 5.92 Å². The molecular weight excluding hydrogens is 215 g/mol. The molecule has 1 rings (SSSR count). The molecule has 0 aliphatic heterocycles. The number of ketones is 1. The van der Waals surface area contributed by atoms with E-state index in [0.717, 1.165) is 18.4 Å². The summed E-state index contributed by atoms with van der Waals surface area (Å²) >= 11 is 0. The first-order chi connectivity index (χ1) is 7.93. The van der Waals surface area contributed by atoms with Crippen LogP contribution < -0.4 is 0 Å². The van der Waals surface area contributed by atoms with E-state index in [1.165, 1.54) is 12.1 Å². The first-order valence-electron chi connectivity index (χ1n) is 6.23. The van der Waals surface area contributed by atoms with Gasteiger partial charge in [0.15, 0.2) is 0 Å². The molecule has 1 aromatic rings. The van der Waals surface area contributed by atoms with Crippen molar-refractivity contribution in [3.8, 4) is 0 Å². The third-order valence-electron chi connectivity index (χ3n) is 3.54. The normalized spacial score (nSPS) is 11.9. The highest BCUT2D eigenvalue weighted by atomic mass is 19.1. The number of carbonyl (C=O) groups is 1. The molecule has 0 fully saturated rings. The molecule has 0 heterocycles. The van der Waals surface area contributed by atoms with E-state index in [9.17, 15) is 9.18 Å². The molecular formula is C15H21FO. The number of benzene rings is 1. The first kappa shape index (κ1) is 13.9. The summed E-state index contributed by atoms with van der Waals surface area (Å²) < 4.78 is 12.9. The molecule has 0 atom stereocenters. The number of rotatable bonds is 5. The van der Waals surface area contributed by atoms with Gasteiger partial charge in [-0.15, -0.1) is 0 Å². The lowest BCUT2D eigenvalue weighted by atomic mass is 9.74. The molecule has 94 valence electrons. The van der Waals surface area contributed by atoms with Crippen molar-refractivity contribution in [3.05, 3.63) is 35.6 Å². The van der Waals surface area contributed by atoms with Gasteiger partial charge in [-0.3, -0.25) is 4.79 Å². The van der Waals surface area contributed by atoms with E-state index in [1.807, 2.05) is 27.7 Å². The zero-order valence-electron chi connectivity index (χ0n) is 11.1. The van der Waals surface area contributed by atoms with Crippen LogP contribution in [-0.4, -0.2) is 5.78 Å². The number of hydrogen-bond acceptors (Lipinski definition) is 1. The van der Waals surface area contributed by atoms with E-state index in [1.54, 1.807) is 12.1 Å². The monoisotopic (exact) mass is 236 g/mol. The minimum Gasteiger partial charge on any atom is -0.298 e. The van der Waals surface area contributed by atoms with Crippen molar-refractivity contribution in [2.75, 3.05) is 0 Å². The van der Waals surface area contributed by atoms with Gasteiger partial charge in [0.2, 0.25) is 0 Å². The van der Waals surface area contributed by atoms with Crippen molar-refractivity contribution >= 4 is 5.78 Å². The third kappa shape index (κ3) is 2.93. The second kappa shape index (κ2) is 5.44. The highest BCUT2D eigenvalue weighted by molar-refractivity contribution is 5.91. The van der Waals surface area contributed by atoms with Crippen LogP contribution in [0.5, 0.6) is 0 Å². The summed E-state index contributed by atoms with van der Waals surface area (Å²) in [7, 11) is 0. The molecule has 0 bridgehead atoms. The molecule has 1 nitrogen and oxygen atoms in total. The Balaban J connectivity index is 3.01. The SMILES string of the molecule is CCC(CC)C(=O)C(C)(C)c1ccc(F)cc1. The molecule has 2 heteroatoms. The lowest BCUT2D eigenvalue weighted by Crippen LogP contribution is -2.34. The fourth-order valence-corrected chi connectivity index (χ4v) is 2.18. The van der Waals surface area contributed by atoms with Gasteiger partial charge < -0.3 is 0 Å². The predicted octanol–water partition coefficient (Wildman–Crippen LogP) is 4.11. The third-order valence-corrected chi connectivity index (χ3v) is 3.54. The Labute approximate surface area is 103 Å². The maximum atomic E-state index is 12.9. The van der Waals surface area contributed by atoms with Gasteiger partial charge in [0.05, 0.1) is 0 Å². The number of Topliss-reactive ketones (excluding diaryl/α,β-unsaturated/α-hetero) is 1. The predicted molar refractivity (Wildman–Crippen MR) is 68.5 cm³/mol. The van der Waals surface area contributed by atoms with E-state index in [2.05, 4.69) is 0 Å². The van der Waals surface area contributed by atoms with Gasteiger partial charge in [-0.1, -0.05) is 26.0 Å². The van der Waals surface area contributed by atoms with E-state index in [4.69, 9.17) is 0 Å². The lowest BCUT2D eigenvalue weighted by molar-refractivity contribution is -0.127. The molecule has 0 radical (unpaired) electrons. The van der Waals surface area contributed by atoms with Gasteiger partial charge >= 0.3 is 0 Å². The highest BCUT2D eigenvalue weighted by Gasteiger charge is 2.33. The van der Waals surface area contributed by atoms with E-state index in [0.29, 0.717) is 0 Å². The molecule has 0 aromatic heterocycles. The van der Waals surface area contributed by atoms with Gasteiger partial charge in [0.1, 0.15) is 11.6 Å². The Hall–Kier alpha value is -1.18. The zero-order chi connectivity index (χ0) is 13.1. The topological polar surface area (TPSA) is 17.1 Å². The maximum Gasteiger partial charge on any atom is 0.145 e. The summed E-state index contributed by atoms with van der Waals surface area (Å²) in [5.74, 6) is 0.0729.